The van der Waals surface area contributed by atoms with Crippen molar-refractivity contribution in [3.63, 3.8) is 0 Å². The molecule has 0 radical (unpaired) electrons. The first-order chi connectivity index (χ1) is 7.20. The number of aliphatic hydroxyl groups excluding tert-OH is 1. The van der Waals surface area contributed by atoms with Crippen LogP contribution in [0.1, 0.15) is 18.6 Å². The molecule has 0 aliphatic heterocycles. The van der Waals surface area contributed by atoms with Crippen LogP contribution in [0.15, 0.2) is 36.7 Å². The Kier molecular flexibility index (Phi) is 2.51. The lowest BCUT2D eigenvalue weighted by molar-refractivity contribution is 0.194. The summed E-state index contributed by atoms with van der Waals surface area (Å²) in [4.78, 5) is 0. The van der Waals surface area contributed by atoms with Crippen LogP contribution in [-0.2, 0) is 0 Å². The summed E-state index contributed by atoms with van der Waals surface area (Å²) in [6, 6.07) is 6.39. The molecular formula is C11H11FN2O. The van der Waals surface area contributed by atoms with E-state index in [9.17, 15) is 9.50 Å². The molecule has 1 aromatic heterocycles. The number of nitrogens with zero attached hydrogens (tertiary/aromatic N) is 2. The van der Waals surface area contributed by atoms with E-state index in [-0.39, 0.29) is 5.56 Å². The minimum Gasteiger partial charge on any atom is -0.389 e. The zero-order chi connectivity index (χ0) is 10.8. The van der Waals surface area contributed by atoms with Gasteiger partial charge in [-0.1, -0.05) is 6.07 Å². The van der Waals surface area contributed by atoms with Crippen molar-refractivity contribution in [3.8, 4) is 5.69 Å². The van der Waals surface area contributed by atoms with E-state index < -0.39 is 11.9 Å². The van der Waals surface area contributed by atoms with Gasteiger partial charge in [0.2, 0.25) is 0 Å². The molecule has 1 aromatic carbocycles. The molecule has 1 atom stereocenters. The fourth-order valence-corrected chi connectivity index (χ4v) is 1.55. The van der Waals surface area contributed by atoms with Gasteiger partial charge in [-0.2, -0.15) is 5.10 Å². The lowest BCUT2D eigenvalue weighted by Crippen LogP contribution is -2.05. The lowest BCUT2D eigenvalue weighted by atomic mass is 10.1. The van der Waals surface area contributed by atoms with Crippen molar-refractivity contribution in [1.82, 2.24) is 9.78 Å². The molecule has 0 saturated heterocycles. The maximum Gasteiger partial charge on any atom is 0.131 e. The van der Waals surface area contributed by atoms with Crippen LogP contribution in [0.25, 0.3) is 5.69 Å². The molecule has 0 aliphatic carbocycles. The molecule has 0 saturated carbocycles. The Morgan fingerprint density at radius 1 is 1.40 bits per heavy atom. The molecule has 4 heteroatoms. The molecule has 0 aliphatic rings. The first kappa shape index (κ1) is 9.86. The molecule has 15 heavy (non-hydrogen) atoms. The fraction of sp³-hybridized carbons (Fsp3) is 0.182. The first-order valence-corrected chi connectivity index (χ1v) is 4.66. The van der Waals surface area contributed by atoms with E-state index in [0.717, 1.165) is 0 Å². The quantitative estimate of drug-likeness (QED) is 0.816. The molecule has 1 N–H and O–H groups in total. The van der Waals surface area contributed by atoms with Crippen molar-refractivity contribution in [3.05, 3.63) is 48.0 Å². The summed E-state index contributed by atoms with van der Waals surface area (Å²) in [5.41, 5.74) is 0.830. The van der Waals surface area contributed by atoms with Crippen LogP contribution in [0.5, 0.6) is 0 Å². The predicted molar refractivity (Wildman–Crippen MR) is 54.2 cm³/mol. The van der Waals surface area contributed by atoms with E-state index in [0.29, 0.717) is 5.69 Å². The second-order valence-corrected chi connectivity index (χ2v) is 3.30. The zero-order valence-corrected chi connectivity index (χ0v) is 8.26. The van der Waals surface area contributed by atoms with Gasteiger partial charge in [0, 0.05) is 18.0 Å². The summed E-state index contributed by atoms with van der Waals surface area (Å²) in [7, 11) is 0. The third kappa shape index (κ3) is 1.76. The molecule has 2 aromatic rings. The largest absolute Gasteiger partial charge is 0.389 e. The Morgan fingerprint density at radius 2 is 2.20 bits per heavy atom. The highest BCUT2D eigenvalue weighted by Gasteiger charge is 2.14. The number of benzene rings is 1. The minimum atomic E-state index is -0.856. The molecule has 78 valence electrons. The van der Waals surface area contributed by atoms with E-state index >= 15 is 0 Å². The molecule has 1 heterocycles. The van der Waals surface area contributed by atoms with Crippen LogP contribution in [0.4, 0.5) is 4.39 Å². The summed E-state index contributed by atoms with van der Waals surface area (Å²) < 4.78 is 15.0. The number of aliphatic hydroxyl groups is 1. The third-order valence-electron chi connectivity index (χ3n) is 2.20. The first-order valence-electron chi connectivity index (χ1n) is 4.66. The van der Waals surface area contributed by atoms with Gasteiger partial charge in [0.05, 0.1) is 11.8 Å². The second-order valence-electron chi connectivity index (χ2n) is 3.30. The van der Waals surface area contributed by atoms with Crippen molar-refractivity contribution in [2.45, 2.75) is 13.0 Å². The maximum absolute atomic E-state index is 13.5. The molecule has 3 nitrogen and oxygen atoms in total. The van der Waals surface area contributed by atoms with Gasteiger partial charge >= 0.3 is 0 Å². The minimum absolute atomic E-state index is 0.265. The number of halogens is 1. The van der Waals surface area contributed by atoms with Crippen molar-refractivity contribution in [2.24, 2.45) is 0 Å². The van der Waals surface area contributed by atoms with Gasteiger partial charge in [0.15, 0.2) is 0 Å². The topological polar surface area (TPSA) is 38.0 Å². The van der Waals surface area contributed by atoms with Crippen LogP contribution < -0.4 is 0 Å². The van der Waals surface area contributed by atoms with Crippen molar-refractivity contribution in [1.29, 1.82) is 0 Å². The molecular weight excluding hydrogens is 195 g/mol. The van der Waals surface area contributed by atoms with Gasteiger partial charge in [-0.25, -0.2) is 9.07 Å². The number of hydrogen-bond donors (Lipinski definition) is 1. The molecule has 0 fully saturated rings. The monoisotopic (exact) mass is 206 g/mol. The van der Waals surface area contributed by atoms with Crippen molar-refractivity contribution >= 4 is 0 Å². The molecule has 2 rings (SSSR count). The van der Waals surface area contributed by atoms with Gasteiger partial charge < -0.3 is 5.11 Å². The standard InChI is InChI=1S/C11H11FN2O/c1-8(15)11-9(12)4-2-5-10(11)14-7-3-6-13-14/h2-8,15H,1H3/t8-/m0/s1. The average molecular weight is 206 g/mol. The van der Waals surface area contributed by atoms with Crippen LogP contribution in [0.3, 0.4) is 0 Å². The highest BCUT2D eigenvalue weighted by Crippen LogP contribution is 2.23. The van der Waals surface area contributed by atoms with E-state index in [2.05, 4.69) is 5.10 Å². The normalized spacial score (nSPS) is 12.7. The van der Waals surface area contributed by atoms with Gasteiger partial charge in [-0.3, -0.25) is 0 Å². The third-order valence-corrected chi connectivity index (χ3v) is 2.20. The summed E-state index contributed by atoms with van der Waals surface area (Å²) in [6.07, 6.45) is 2.46. The molecule has 0 bridgehead atoms. The summed E-state index contributed by atoms with van der Waals surface area (Å²) in [5, 5.41) is 13.5. The summed E-state index contributed by atoms with van der Waals surface area (Å²) >= 11 is 0. The predicted octanol–water partition coefficient (Wildman–Crippen LogP) is 2.06. The van der Waals surface area contributed by atoms with Gasteiger partial charge in [0.1, 0.15) is 5.82 Å². The Bertz CT molecular complexity index is 452. The number of aromatic nitrogens is 2. The van der Waals surface area contributed by atoms with Crippen LogP contribution in [0.2, 0.25) is 0 Å². The van der Waals surface area contributed by atoms with E-state index in [1.165, 1.54) is 17.7 Å². The van der Waals surface area contributed by atoms with Crippen molar-refractivity contribution < 1.29 is 9.50 Å². The fourth-order valence-electron chi connectivity index (χ4n) is 1.55. The lowest BCUT2D eigenvalue weighted by Gasteiger charge is -2.12. The van der Waals surface area contributed by atoms with Crippen LogP contribution >= 0.6 is 0 Å². The van der Waals surface area contributed by atoms with Gasteiger partial charge in [-0.05, 0) is 25.1 Å². The van der Waals surface area contributed by atoms with E-state index in [4.69, 9.17) is 0 Å². The molecule has 0 spiro atoms. The van der Waals surface area contributed by atoms with Crippen molar-refractivity contribution in [2.75, 3.05) is 0 Å². The molecule has 0 unspecified atom stereocenters. The van der Waals surface area contributed by atoms with Gasteiger partial charge in [-0.15, -0.1) is 0 Å². The summed E-state index contributed by atoms with van der Waals surface area (Å²) in [5.74, 6) is -0.419. The second kappa shape index (κ2) is 3.82. The Labute approximate surface area is 86.8 Å². The smallest absolute Gasteiger partial charge is 0.131 e. The van der Waals surface area contributed by atoms with Crippen LogP contribution in [0, 0.1) is 5.82 Å². The van der Waals surface area contributed by atoms with E-state index in [1.807, 2.05) is 0 Å². The number of rotatable bonds is 2. The zero-order valence-electron chi connectivity index (χ0n) is 8.26. The highest BCUT2D eigenvalue weighted by atomic mass is 19.1. The van der Waals surface area contributed by atoms with Crippen LogP contribution in [-0.4, -0.2) is 14.9 Å². The number of hydrogen-bond acceptors (Lipinski definition) is 2. The Hall–Kier alpha value is -1.68. The average Bonchev–Trinajstić information content (AvgIpc) is 2.69. The maximum atomic E-state index is 13.5. The van der Waals surface area contributed by atoms with E-state index in [1.54, 1.807) is 30.6 Å². The van der Waals surface area contributed by atoms with Gasteiger partial charge in [0.25, 0.3) is 0 Å². The Balaban J connectivity index is 2.61. The molecule has 0 amide bonds. The summed E-state index contributed by atoms with van der Waals surface area (Å²) in [6.45, 7) is 1.53. The SMILES string of the molecule is C[C@H](O)c1c(F)cccc1-n1cccn1. The highest BCUT2D eigenvalue weighted by molar-refractivity contribution is 5.42. The Morgan fingerprint density at radius 3 is 2.80 bits per heavy atom.